The summed E-state index contributed by atoms with van der Waals surface area (Å²) in [6.07, 6.45) is 6.86. The lowest BCUT2D eigenvalue weighted by Crippen LogP contribution is -1.94. The molecule has 0 heterocycles. The van der Waals surface area contributed by atoms with Crippen LogP contribution in [0.1, 0.15) is 23.1 Å². The molecule has 0 saturated heterocycles. The highest BCUT2D eigenvalue weighted by Crippen LogP contribution is 2.35. The van der Waals surface area contributed by atoms with E-state index in [1.54, 1.807) is 0 Å². The van der Waals surface area contributed by atoms with Crippen molar-refractivity contribution >= 4 is 38.4 Å². The van der Waals surface area contributed by atoms with Crippen LogP contribution >= 0.6 is 0 Å². The van der Waals surface area contributed by atoms with Crippen LogP contribution in [0.15, 0.2) is 84.9 Å². The maximum atomic E-state index is 2.37. The normalized spacial score (nSPS) is 13.3. The lowest BCUT2D eigenvalue weighted by molar-refractivity contribution is 0.986. The van der Waals surface area contributed by atoms with Gasteiger partial charge in [0, 0.05) is 0 Å². The zero-order valence-corrected chi connectivity index (χ0v) is 16.6. The Labute approximate surface area is 171 Å². The summed E-state index contributed by atoms with van der Waals surface area (Å²) in [4.78, 5) is 0. The van der Waals surface area contributed by atoms with Crippen LogP contribution in [0, 0.1) is 6.92 Å². The molecule has 5 aromatic rings. The highest BCUT2D eigenvalue weighted by Gasteiger charge is 2.09. The van der Waals surface area contributed by atoms with Crippen molar-refractivity contribution in [1.29, 1.82) is 0 Å². The van der Waals surface area contributed by atoms with Crippen molar-refractivity contribution in [3.8, 4) is 11.1 Å². The van der Waals surface area contributed by atoms with Gasteiger partial charge in [-0.2, -0.15) is 0 Å². The summed E-state index contributed by atoms with van der Waals surface area (Å²) < 4.78 is 0. The molecular formula is C29H22. The minimum absolute atomic E-state index is 1.15. The van der Waals surface area contributed by atoms with E-state index >= 15 is 0 Å². The molecule has 0 radical (unpaired) electrons. The van der Waals surface area contributed by atoms with Gasteiger partial charge in [0.2, 0.25) is 0 Å². The van der Waals surface area contributed by atoms with E-state index in [1.807, 2.05) is 0 Å². The van der Waals surface area contributed by atoms with Gasteiger partial charge < -0.3 is 0 Å². The zero-order valence-electron chi connectivity index (χ0n) is 16.6. The maximum absolute atomic E-state index is 2.37. The van der Waals surface area contributed by atoms with Gasteiger partial charge in [-0.1, -0.05) is 84.4 Å². The van der Waals surface area contributed by atoms with Gasteiger partial charge in [-0.15, -0.1) is 0 Å². The van der Waals surface area contributed by atoms with Crippen molar-refractivity contribution < 1.29 is 0 Å². The monoisotopic (exact) mass is 370 g/mol. The summed E-state index contributed by atoms with van der Waals surface area (Å²) in [5.41, 5.74) is 6.72. The number of rotatable bonds is 1. The van der Waals surface area contributed by atoms with Gasteiger partial charge in [0.15, 0.2) is 0 Å². The summed E-state index contributed by atoms with van der Waals surface area (Å²) in [6, 6.07) is 29.6. The number of fused-ring (bicyclic) bond motifs is 6. The fraction of sp³-hybridized carbons (Fsp3) is 0.103. The second-order valence-corrected chi connectivity index (χ2v) is 8.24. The third-order valence-corrected chi connectivity index (χ3v) is 6.35. The maximum Gasteiger partial charge on any atom is -0.00987 e. The molecule has 1 aliphatic rings. The second kappa shape index (κ2) is 6.32. The van der Waals surface area contributed by atoms with Crippen LogP contribution in [0.5, 0.6) is 0 Å². The molecule has 0 unspecified atom stereocenters. The Kier molecular flexibility index (Phi) is 3.61. The first-order valence-electron chi connectivity index (χ1n) is 10.4. The van der Waals surface area contributed by atoms with Gasteiger partial charge in [-0.05, 0) is 86.5 Å². The van der Waals surface area contributed by atoms with Gasteiger partial charge in [0.1, 0.15) is 0 Å². The Morgan fingerprint density at radius 3 is 2.07 bits per heavy atom. The third kappa shape index (κ3) is 2.68. The SMILES string of the molecule is Cc1ccc2ccc3c4cc(-c5ccc6c(c5)C=CCC6)ccc4ccc3c2c1. The second-order valence-electron chi connectivity index (χ2n) is 8.24. The summed E-state index contributed by atoms with van der Waals surface area (Å²) in [5, 5.41) is 7.95. The van der Waals surface area contributed by atoms with E-state index in [9.17, 15) is 0 Å². The van der Waals surface area contributed by atoms with Crippen LogP contribution < -0.4 is 0 Å². The van der Waals surface area contributed by atoms with Gasteiger partial charge in [-0.25, -0.2) is 0 Å². The molecule has 0 saturated carbocycles. The Morgan fingerprint density at radius 2 is 1.24 bits per heavy atom. The molecule has 138 valence electrons. The molecule has 6 rings (SSSR count). The molecule has 5 aromatic carbocycles. The molecule has 0 N–H and O–H groups in total. The van der Waals surface area contributed by atoms with E-state index in [0.717, 1.165) is 12.8 Å². The molecule has 0 bridgehead atoms. The minimum Gasteiger partial charge on any atom is -0.0836 e. The molecule has 0 spiro atoms. The van der Waals surface area contributed by atoms with Crippen molar-refractivity contribution in [3.63, 3.8) is 0 Å². The standard InChI is InChI=1S/C29H22/c1-19-6-7-21-12-15-27-26(28(21)16-19)14-13-22-9-11-25(18-29(22)27)24-10-8-20-4-2-3-5-23(20)17-24/h3,5-18H,2,4H2,1H3. The van der Waals surface area contributed by atoms with Crippen molar-refractivity contribution in [1.82, 2.24) is 0 Å². The Balaban J connectivity index is 1.60. The van der Waals surface area contributed by atoms with Crippen LogP contribution in [0.25, 0.3) is 49.5 Å². The number of aryl methyl sites for hydroxylation is 2. The molecular weight excluding hydrogens is 348 g/mol. The number of allylic oxidation sites excluding steroid dienone is 1. The van der Waals surface area contributed by atoms with Gasteiger partial charge in [-0.3, -0.25) is 0 Å². The predicted molar refractivity (Wildman–Crippen MR) is 126 cm³/mol. The topological polar surface area (TPSA) is 0 Å². The van der Waals surface area contributed by atoms with Crippen molar-refractivity contribution in [3.05, 3.63) is 102 Å². The van der Waals surface area contributed by atoms with Crippen molar-refractivity contribution in [2.75, 3.05) is 0 Å². The van der Waals surface area contributed by atoms with Crippen LogP contribution in [0.2, 0.25) is 0 Å². The Hall–Kier alpha value is -3.38. The molecule has 0 atom stereocenters. The van der Waals surface area contributed by atoms with Gasteiger partial charge in [0.25, 0.3) is 0 Å². The molecule has 1 aliphatic carbocycles. The first kappa shape index (κ1) is 16.6. The van der Waals surface area contributed by atoms with E-state index in [0.29, 0.717) is 0 Å². The Morgan fingerprint density at radius 1 is 0.586 bits per heavy atom. The van der Waals surface area contributed by atoms with Crippen LogP contribution in [0.3, 0.4) is 0 Å². The number of benzene rings is 5. The van der Waals surface area contributed by atoms with Crippen LogP contribution in [-0.4, -0.2) is 0 Å². The predicted octanol–water partition coefficient (Wildman–Crippen LogP) is 8.08. The largest absolute Gasteiger partial charge is 0.0836 e. The summed E-state index contributed by atoms with van der Waals surface area (Å²) in [5.74, 6) is 0. The summed E-state index contributed by atoms with van der Waals surface area (Å²) in [7, 11) is 0. The summed E-state index contributed by atoms with van der Waals surface area (Å²) in [6.45, 7) is 2.17. The van der Waals surface area contributed by atoms with Crippen molar-refractivity contribution in [2.45, 2.75) is 19.8 Å². The molecule has 0 fully saturated rings. The van der Waals surface area contributed by atoms with E-state index in [2.05, 4.69) is 97.9 Å². The summed E-state index contributed by atoms with van der Waals surface area (Å²) >= 11 is 0. The quantitative estimate of drug-likeness (QED) is 0.262. The molecule has 0 amide bonds. The third-order valence-electron chi connectivity index (χ3n) is 6.35. The van der Waals surface area contributed by atoms with E-state index < -0.39 is 0 Å². The average molecular weight is 370 g/mol. The fourth-order valence-electron chi connectivity index (χ4n) is 4.77. The van der Waals surface area contributed by atoms with Crippen LogP contribution in [0.4, 0.5) is 0 Å². The minimum atomic E-state index is 1.15. The molecule has 29 heavy (non-hydrogen) atoms. The smallest absolute Gasteiger partial charge is 0.00987 e. The lowest BCUT2D eigenvalue weighted by atomic mass is 9.91. The van der Waals surface area contributed by atoms with E-state index in [-0.39, 0.29) is 0 Å². The first-order valence-corrected chi connectivity index (χ1v) is 10.4. The first-order chi connectivity index (χ1) is 14.3. The van der Waals surface area contributed by atoms with Crippen LogP contribution in [-0.2, 0) is 6.42 Å². The molecule has 0 nitrogen and oxygen atoms in total. The Bertz CT molecular complexity index is 1450. The number of hydrogen-bond acceptors (Lipinski definition) is 0. The van der Waals surface area contributed by atoms with Gasteiger partial charge in [0.05, 0.1) is 0 Å². The average Bonchev–Trinajstić information content (AvgIpc) is 2.78. The molecule has 0 aromatic heterocycles. The van der Waals surface area contributed by atoms with E-state index in [1.165, 1.54) is 60.1 Å². The highest BCUT2D eigenvalue weighted by molar-refractivity contribution is 6.17. The van der Waals surface area contributed by atoms with E-state index in [4.69, 9.17) is 0 Å². The fourth-order valence-corrected chi connectivity index (χ4v) is 4.77. The molecule has 0 aliphatic heterocycles. The molecule has 0 heteroatoms. The van der Waals surface area contributed by atoms with Crippen molar-refractivity contribution in [2.24, 2.45) is 0 Å². The zero-order chi connectivity index (χ0) is 19.4. The number of hydrogen-bond donors (Lipinski definition) is 0. The highest BCUT2D eigenvalue weighted by atomic mass is 14.1. The van der Waals surface area contributed by atoms with Gasteiger partial charge >= 0.3 is 0 Å². The lowest BCUT2D eigenvalue weighted by Gasteiger charge is -2.13.